The second kappa shape index (κ2) is 8.99. The highest BCUT2D eigenvalue weighted by molar-refractivity contribution is 7.89. The highest BCUT2D eigenvalue weighted by Gasteiger charge is 2.45. The van der Waals surface area contributed by atoms with Gasteiger partial charge in [0.15, 0.2) is 0 Å². The van der Waals surface area contributed by atoms with E-state index >= 15 is 0 Å². The van der Waals surface area contributed by atoms with Gasteiger partial charge in [-0.15, -0.1) is 0 Å². The van der Waals surface area contributed by atoms with Gasteiger partial charge < -0.3 is 4.90 Å². The Morgan fingerprint density at radius 2 is 1.74 bits per heavy atom. The zero-order valence-corrected chi connectivity index (χ0v) is 18.2. The van der Waals surface area contributed by atoms with Crippen LogP contribution in [0, 0.1) is 0 Å². The minimum Gasteiger partial charge on any atom is -0.327 e. The molecule has 2 N–H and O–H groups in total. The van der Waals surface area contributed by atoms with E-state index in [4.69, 9.17) is 5.14 Å². The normalized spacial score (nSPS) is 17.6. The number of carbonyl (C=O) groups excluding carboxylic acids is 3. The lowest BCUT2D eigenvalue weighted by atomic mass is 10.1. The smallest absolute Gasteiger partial charge is 0.257 e. The third kappa shape index (κ3) is 4.83. The molecule has 1 heterocycles. The molecule has 2 aromatic rings. The monoisotopic (exact) mass is 443 g/mol. The molecule has 164 valence electrons. The fourth-order valence-corrected chi connectivity index (χ4v) is 4.19. The largest absolute Gasteiger partial charge is 0.327 e. The van der Waals surface area contributed by atoms with E-state index in [1.807, 2.05) is 44.2 Å². The van der Waals surface area contributed by atoms with Crippen molar-refractivity contribution in [3.05, 3.63) is 60.2 Å². The molecule has 31 heavy (non-hydrogen) atoms. The predicted molar refractivity (Wildman–Crippen MR) is 115 cm³/mol. The van der Waals surface area contributed by atoms with Crippen molar-refractivity contribution in [1.82, 2.24) is 4.90 Å². The van der Waals surface area contributed by atoms with Gasteiger partial charge in [-0.25, -0.2) is 18.5 Å². The maximum atomic E-state index is 13.2. The van der Waals surface area contributed by atoms with E-state index in [1.54, 1.807) is 0 Å². The number of benzene rings is 2. The van der Waals surface area contributed by atoms with E-state index in [9.17, 15) is 22.8 Å². The first-order chi connectivity index (χ1) is 14.6. The van der Waals surface area contributed by atoms with Crippen LogP contribution in [-0.2, 0) is 30.8 Å². The van der Waals surface area contributed by atoms with Gasteiger partial charge in [0.05, 0.1) is 23.4 Å². The van der Waals surface area contributed by atoms with Crippen LogP contribution in [0.4, 0.5) is 5.69 Å². The van der Waals surface area contributed by atoms with Gasteiger partial charge in [-0.1, -0.05) is 37.3 Å². The van der Waals surface area contributed by atoms with Crippen molar-refractivity contribution >= 4 is 33.4 Å². The molecule has 0 bridgehead atoms. The lowest BCUT2D eigenvalue weighted by Gasteiger charge is -2.33. The average molecular weight is 444 g/mol. The lowest BCUT2D eigenvalue weighted by molar-refractivity contribution is -0.140. The second-order valence-corrected chi connectivity index (χ2v) is 9.11. The molecule has 0 radical (unpaired) electrons. The van der Waals surface area contributed by atoms with Crippen LogP contribution in [0.1, 0.15) is 32.3 Å². The Labute approximate surface area is 181 Å². The predicted octanol–water partition coefficient (Wildman–Crippen LogP) is 1.84. The summed E-state index contributed by atoms with van der Waals surface area (Å²) in [6.07, 6.45) is 0.633. The summed E-state index contributed by atoms with van der Waals surface area (Å²) in [5, 5.41) is 5.10. The van der Waals surface area contributed by atoms with Gasteiger partial charge in [-0.3, -0.25) is 14.4 Å². The van der Waals surface area contributed by atoms with Crippen LogP contribution in [0.3, 0.4) is 0 Å². The highest BCUT2D eigenvalue weighted by Crippen LogP contribution is 2.28. The first-order valence-electron chi connectivity index (χ1n) is 9.98. The summed E-state index contributed by atoms with van der Waals surface area (Å²) in [6.45, 7) is 3.77. The number of hydrogen-bond acceptors (Lipinski definition) is 5. The molecule has 1 fully saturated rings. The Balaban J connectivity index is 1.87. The number of anilines is 1. The molecule has 1 aliphatic heterocycles. The number of rotatable bonds is 7. The van der Waals surface area contributed by atoms with Gasteiger partial charge >= 0.3 is 0 Å². The van der Waals surface area contributed by atoms with Gasteiger partial charge in [0, 0.05) is 6.04 Å². The summed E-state index contributed by atoms with van der Waals surface area (Å²) in [5.74, 6) is -1.17. The minimum absolute atomic E-state index is 0.119. The third-order valence-corrected chi connectivity index (χ3v) is 6.36. The molecule has 1 saturated heterocycles. The van der Waals surface area contributed by atoms with Crippen molar-refractivity contribution < 1.29 is 22.8 Å². The summed E-state index contributed by atoms with van der Waals surface area (Å²) in [7, 11) is -3.89. The molecule has 0 aromatic heterocycles. The zero-order valence-electron chi connectivity index (χ0n) is 17.4. The number of amides is 3. The summed E-state index contributed by atoms with van der Waals surface area (Å²) < 4.78 is 22.9. The first kappa shape index (κ1) is 22.6. The molecular formula is C22H25N3O5S. The van der Waals surface area contributed by atoms with E-state index in [1.165, 1.54) is 29.2 Å². The quantitative estimate of drug-likeness (QED) is 0.655. The molecule has 0 aliphatic carbocycles. The van der Waals surface area contributed by atoms with Gasteiger partial charge in [-0.05, 0) is 43.2 Å². The Morgan fingerprint density at radius 3 is 2.29 bits per heavy atom. The molecule has 1 aliphatic rings. The van der Waals surface area contributed by atoms with E-state index < -0.39 is 27.9 Å². The zero-order chi connectivity index (χ0) is 22.8. The van der Waals surface area contributed by atoms with Crippen LogP contribution in [-0.4, -0.2) is 43.1 Å². The van der Waals surface area contributed by atoms with Crippen molar-refractivity contribution in [3.63, 3.8) is 0 Å². The number of imide groups is 1. The Morgan fingerprint density at radius 1 is 1.13 bits per heavy atom. The van der Waals surface area contributed by atoms with Crippen molar-refractivity contribution in [3.8, 4) is 0 Å². The lowest BCUT2D eigenvalue weighted by Crippen LogP contribution is -2.50. The maximum Gasteiger partial charge on any atom is 0.257 e. The number of nitrogens with two attached hydrogens (primary N) is 1. The van der Waals surface area contributed by atoms with Crippen LogP contribution >= 0.6 is 0 Å². The Bertz CT molecular complexity index is 1080. The fourth-order valence-electron chi connectivity index (χ4n) is 3.67. The van der Waals surface area contributed by atoms with Gasteiger partial charge in [0.25, 0.3) is 5.91 Å². The van der Waals surface area contributed by atoms with Crippen molar-refractivity contribution in [2.24, 2.45) is 5.14 Å². The van der Waals surface area contributed by atoms with Gasteiger partial charge in [0.2, 0.25) is 21.8 Å². The second-order valence-electron chi connectivity index (χ2n) is 7.55. The van der Waals surface area contributed by atoms with Crippen LogP contribution in [0.25, 0.3) is 0 Å². The fraction of sp³-hybridized carbons (Fsp3) is 0.318. The van der Waals surface area contributed by atoms with Crippen molar-refractivity contribution in [2.45, 2.75) is 50.1 Å². The van der Waals surface area contributed by atoms with Gasteiger partial charge in [0.1, 0.15) is 6.04 Å². The van der Waals surface area contributed by atoms with E-state index in [0.717, 1.165) is 10.5 Å². The highest BCUT2D eigenvalue weighted by atomic mass is 32.2. The Kier molecular flexibility index (Phi) is 6.56. The van der Waals surface area contributed by atoms with E-state index in [0.29, 0.717) is 6.42 Å². The van der Waals surface area contributed by atoms with Crippen LogP contribution in [0.15, 0.2) is 59.5 Å². The molecule has 8 nitrogen and oxygen atoms in total. The molecule has 3 amide bonds. The van der Waals surface area contributed by atoms with E-state index in [2.05, 4.69) is 0 Å². The number of primary sulfonamides is 1. The van der Waals surface area contributed by atoms with Crippen molar-refractivity contribution in [1.29, 1.82) is 0 Å². The SMILES string of the molecule is CCC(C)N(C(=O)Cc1ccccc1)C1CC(=O)N(c2ccc(S(N)(=O)=O)cc2)C1=O. The Hall–Kier alpha value is -3.04. The molecule has 0 spiro atoms. The van der Waals surface area contributed by atoms with Crippen molar-refractivity contribution in [2.75, 3.05) is 4.90 Å². The number of hydrogen-bond donors (Lipinski definition) is 1. The summed E-state index contributed by atoms with van der Waals surface area (Å²) in [5.41, 5.74) is 1.07. The molecular weight excluding hydrogens is 418 g/mol. The third-order valence-electron chi connectivity index (χ3n) is 5.43. The standard InChI is InChI=1S/C22H25N3O5S/c1-3-15(2)24(20(26)13-16-7-5-4-6-8-16)19-14-21(27)25(22(19)28)17-9-11-18(12-10-17)31(23,29)30/h4-12,15,19H,3,13-14H2,1-2H3,(H2,23,29,30). The topological polar surface area (TPSA) is 118 Å². The van der Waals surface area contributed by atoms with E-state index in [-0.39, 0.29) is 35.4 Å². The first-order valence-corrected chi connectivity index (χ1v) is 11.5. The average Bonchev–Trinajstić information content (AvgIpc) is 3.02. The molecule has 9 heteroatoms. The van der Waals surface area contributed by atoms with Crippen LogP contribution in [0.2, 0.25) is 0 Å². The molecule has 3 rings (SSSR count). The minimum atomic E-state index is -3.89. The molecule has 2 aromatic carbocycles. The number of nitrogens with zero attached hydrogens (tertiary/aromatic N) is 2. The van der Waals surface area contributed by atoms with Crippen LogP contribution < -0.4 is 10.0 Å². The maximum absolute atomic E-state index is 13.2. The van der Waals surface area contributed by atoms with Crippen LogP contribution in [0.5, 0.6) is 0 Å². The molecule has 0 saturated carbocycles. The summed E-state index contributed by atoms with van der Waals surface area (Å²) in [4.78, 5) is 41.4. The molecule has 2 unspecified atom stereocenters. The van der Waals surface area contributed by atoms with Gasteiger partial charge in [-0.2, -0.15) is 0 Å². The molecule has 2 atom stereocenters. The summed E-state index contributed by atoms with van der Waals surface area (Å²) in [6, 6.07) is 13.3. The number of carbonyl (C=O) groups is 3. The number of sulfonamides is 1. The summed E-state index contributed by atoms with van der Waals surface area (Å²) >= 11 is 0.